The number of phenols is 1. The molecule has 30 heavy (non-hydrogen) atoms. The fraction of sp³-hybridized carbons (Fsp3) is 0.227. The zero-order chi connectivity index (χ0) is 22.1. The lowest BCUT2D eigenvalue weighted by atomic mass is 9.93. The minimum absolute atomic E-state index is 0.279. The highest BCUT2D eigenvalue weighted by Gasteiger charge is 2.24. The van der Waals surface area contributed by atoms with Gasteiger partial charge in [-0.15, -0.1) is 0 Å². The number of phenolic OH excluding ortho intramolecular Hbond substituents is 1. The Bertz CT molecular complexity index is 966. The molecule has 0 fully saturated rings. The molecule has 0 aromatic heterocycles. The molecule has 0 radical (unpaired) electrons. The number of carboxylic acids is 1. The van der Waals surface area contributed by atoms with E-state index in [2.05, 4.69) is 5.32 Å². The predicted octanol–water partition coefficient (Wildman–Crippen LogP) is 4.75. The Balaban J connectivity index is 2.14. The molecular weight excluding hydrogens is 391 g/mol. The number of aliphatic carboxylic acids is 1. The van der Waals surface area contributed by atoms with Gasteiger partial charge in [0.15, 0.2) is 11.6 Å². The Labute approximate surface area is 173 Å². The number of nitrogens with zero attached hydrogens (tertiary/aromatic N) is 1. The number of halogens is 1. The first kappa shape index (κ1) is 22.4. The number of hydrogen-bond acceptors (Lipinski definition) is 5. The molecule has 8 heteroatoms. The van der Waals surface area contributed by atoms with Crippen LogP contribution in [-0.2, 0) is 9.53 Å². The number of hydrogen-bond donors (Lipinski definition) is 3. The van der Waals surface area contributed by atoms with E-state index in [0.29, 0.717) is 29.7 Å². The molecule has 7 nitrogen and oxygen atoms in total. The van der Waals surface area contributed by atoms with Gasteiger partial charge in [0.25, 0.3) is 0 Å². The molecule has 2 rings (SSSR count). The largest absolute Gasteiger partial charge is 0.505 e. The number of benzene rings is 2. The highest BCUT2D eigenvalue weighted by Crippen LogP contribution is 2.32. The number of anilines is 1. The topological polar surface area (TPSA) is 120 Å². The molecule has 0 unspecified atom stereocenters. The Morgan fingerprint density at radius 2 is 1.97 bits per heavy atom. The molecule has 0 saturated heterocycles. The molecule has 2 atom stereocenters. The summed E-state index contributed by atoms with van der Waals surface area (Å²) in [5.74, 6) is -2.69. The number of carbonyl (C=O) groups is 2. The van der Waals surface area contributed by atoms with Crippen LogP contribution in [0.4, 0.5) is 14.9 Å². The van der Waals surface area contributed by atoms with Crippen molar-refractivity contribution in [3.05, 3.63) is 71.6 Å². The van der Waals surface area contributed by atoms with Gasteiger partial charge in [0.05, 0.1) is 11.6 Å². The molecule has 2 aromatic rings. The second-order valence-electron chi connectivity index (χ2n) is 6.65. The van der Waals surface area contributed by atoms with E-state index in [1.54, 1.807) is 31.2 Å². The third-order valence-corrected chi connectivity index (χ3v) is 4.36. The quantitative estimate of drug-likeness (QED) is 0.538. The lowest BCUT2D eigenvalue weighted by Gasteiger charge is -2.24. The van der Waals surface area contributed by atoms with E-state index >= 15 is 0 Å². The second-order valence-corrected chi connectivity index (χ2v) is 6.65. The number of nitriles is 1. The number of carboxylic acid groups (broad SMARTS) is 1. The van der Waals surface area contributed by atoms with Gasteiger partial charge in [-0.2, -0.15) is 5.26 Å². The maximum Gasteiger partial charge on any atom is 0.412 e. The van der Waals surface area contributed by atoms with Crippen LogP contribution in [0.15, 0.2) is 54.6 Å². The van der Waals surface area contributed by atoms with Crippen molar-refractivity contribution in [3.63, 3.8) is 0 Å². The molecule has 0 aliphatic carbocycles. The summed E-state index contributed by atoms with van der Waals surface area (Å²) in [5.41, 5.74) is 1.22. The second kappa shape index (κ2) is 10.6. The van der Waals surface area contributed by atoms with E-state index in [4.69, 9.17) is 15.1 Å². The van der Waals surface area contributed by atoms with Crippen molar-refractivity contribution in [1.29, 1.82) is 5.26 Å². The Kier molecular flexibility index (Phi) is 7.94. The van der Waals surface area contributed by atoms with E-state index in [0.717, 1.165) is 12.1 Å². The molecule has 1 amide bonds. The van der Waals surface area contributed by atoms with E-state index < -0.39 is 29.7 Å². The molecular formula is C22H21FN2O5. The molecule has 0 saturated carbocycles. The van der Waals surface area contributed by atoms with Crippen molar-refractivity contribution >= 4 is 17.7 Å². The van der Waals surface area contributed by atoms with Crippen LogP contribution in [0.3, 0.4) is 0 Å². The zero-order valence-corrected chi connectivity index (χ0v) is 16.2. The normalized spacial score (nSPS) is 12.7. The van der Waals surface area contributed by atoms with Gasteiger partial charge in [0.1, 0.15) is 6.10 Å². The number of amides is 1. The van der Waals surface area contributed by atoms with E-state index in [9.17, 15) is 19.1 Å². The van der Waals surface area contributed by atoms with Gasteiger partial charge < -0.3 is 14.9 Å². The summed E-state index contributed by atoms with van der Waals surface area (Å²) in [6.45, 7) is 1.79. The Morgan fingerprint density at radius 3 is 2.57 bits per heavy atom. The summed E-state index contributed by atoms with van der Waals surface area (Å²) < 4.78 is 19.4. The van der Waals surface area contributed by atoms with Crippen LogP contribution < -0.4 is 5.32 Å². The Hall–Kier alpha value is -3.86. The minimum atomic E-state index is -1.06. The number of aromatic hydroxyl groups is 1. The van der Waals surface area contributed by atoms with Crippen molar-refractivity contribution in [1.82, 2.24) is 0 Å². The monoisotopic (exact) mass is 412 g/mol. The van der Waals surface area contributed by atoms with E-state index in [1.165, 1.54) is 18.2 Å². The van der Waals surface area contributed by atoms with Crippen molar-refractivity contribution in [2.45, 2.75) is 25.9 Å². The molecule has 0 aliphatic rings. The molecule has 0 bridgehead atoms. The average Bonchev–Trinajstić information content (AvgIpc) is 2.72. The average molecular weight is 412 g/mol. The molecule has 156 valence electrons. The third kappa shape index (κ3) is 6.63. The number of rotatable bonds is 8. The van der Waals surface area contributed by atoms with Gasteiger partial charge in [-0.05, 0) is 60.7 Å². The van der Waals surface area contributed by atoms with Crippen LogP contribution in [0.5, 0.6) is 5.75 Å². The molecule has 0 heterocycles. The summed E-state index contributed by atoms with van der Waals surface area (Å²) >= 11 is 0. The zero-order valence-electron chi connectivity index (χ0n) is 16.2. The lowest BCUT2D eigenvalue weighted by molar-refractivity contribution is -0.131. The summed E-state index contributed by atoms with van der Waals surface area (Å²) in [5, 5.41) is 29.5. The predicted molar refractivity (Wildman–Crippen MR) is 107 cm³/mol. The highest BCUT2D eigenvalue weighted by molar-refractivity contribution is 5.84. The van der Waals surface area contributed by atoms with Crippen molar-refractivity contribution < 1.29 is 28.9 Å². The molecule has 0 spiro atoms. The van der Waals surface area contributed by atoms with Gasteiger partial charge >= 0.3 is 12.1 Å². The summed E-state index contributed by atoms with van der Waals surface area (Å²) in [6, 6.07) is 11.9. The smallest absolute Gasteiger partial charge is 0.412 e. The van der Waals surface area contributed by atoms with Crippen LogP contribution in [0.1, 0.15) is 37.0 Å². The van der Waals surface area contributed by atoms with Gasteiger partial charge in [0.2, 0.25) is 0 Å². The van der Waals surface area contributed by atoms with Crippen molar-refractivity contribution in [2.75, 3.05) is 5.32 Å². The lowest BCUT2D eigenvalue weighted by Crippen LogP contribution is -2.22. The standard InChI is InChI=1S/C22H21FN2O5/c1-14(4-2-3-5-20(27)28)21(16-8-11-19(26)18(23)12-16)30-22(29)25-17-9-6-15(13-24)7-10-17/h3,5-12,14,21,26H,2,4H2,1H3,(H,25,29)(H,27,28)/b5-3+/t14-,21+/m1/s1. The minimum Gasteiger partial charge on any atom is -0.505 e. The fourth-order valence-corrected chi connectivity index (χ4v) is 2.80. The molecule has 2 aromatic carbocycles. The summed E-state index contributed by atoms with van der Waals surface area (Å²) in [4.78, 5) is 23.0. The third-order valence-electron chi connectivity index (χ3n) is 4.36. The number of carbonyl (C=O) groups excluding carboxylic acids is 1. The molecule has 0 aliphatic heterocycles. The van der Waals surface area contributed by atoms with Crippen LogP contribution in [-0.4, -0.2) is 22.3 Å². The van der Waals surface area contributed by atoms with Gasteiger partial charge in [-0.25, -0.2) is 14.0 Å². The van der Waals surface area contributed by atoms with Gasteiger partial charge in [-0.1, -0.05) is 19.1 Å². The fourth-order valence-electron chi connectivity index (χ4n) is 2.80. The van der Waals surface area contributed by atoms with Crippen LogP contribution >= 0.6 is 0 Å². The highest BCUT2D eigenvalue weighted by atomic mass is 19.1. The van der Waals surface area contributed by atoms with E-state index in [1.807, 2.05) is 6.07 Å². The number of allylic oxidation sites excluding steroid dienone is 1. The van der Waals surface area contributed by atoms with Crippen LogP contribution in [0, 0.1) is 23.1 Å². The summed E-state index contributed by atoms with van der Waals surface area (Å²) in [7, 11) is 0. The first-order valence-corrected chi connectivity index (χ1v) is 9.16. The number of nitrogens with one attached hydrogen (secondary N) is 1. The maximum absolute atomic E-state index is 13.8. The maximum atomic E-state index is 13.8. The SMILES string of the molecule is C[C@H](CC/C=C/C(=O)O)[C@H](OC(=O)Nc1ccc(C#N)cc1)c1ccc(O)c(F)c1. The van der Waals surface area contributed by atoms with Crippen LogP contribution in [0.25, 0.3) is 0 Å². The van der Waals surface area contributed by atoms with Gasteiger partial charge in [-0.3, -0.25) is 5.32 Å². The Morgan fingerprint density at radius 1 is 1.27 bits per heavy atom. The van der Waals surface area contributed by atoms with Gasteiger partial charge in [0, 0.05) is 11.8 Å². The first-order valence-electron chi connectivity index (χ1n) is 9.16. The molecule has 3 N–H and O–H groups in total. The van der Waals surface area contributed by atoms with Crippen molar-refractivity contribution in [3.8, 4) is 11.8 Å². The summed E-state index contributed by atoms with van der Waals surface area (Å²) in [6.07, 6.45) is 1.80. The number of ether oxygens (including phenoxy) is 1. The van der Waals surface area contributed by atoms with Crippen molar-refractivity contribution in [2.24, 2.45) is 5.92 Å². The van der Waals surface area contributed by atoms with Crippen LogP contribution in [0.2, 0.25) is 0 Å². The van der Waals surface area contributed by atoms with E-state index in [-0.39, 0.29) is 5.92 Å². The first-order chi connectivity index (χ1) is 14.3.